The monoisotopic (exact) mass is 359 g/mol. The third-order valence-electron chi connectivity index (χ3n) is 3.74. The maximum absolute atomic E-state index is 12.9. The number of halogens is 1. The second-order valence-corrected chi connectivity index (χ2v) is 6.18. The Morgan fingerprint density at radius 1 is 1.04 bits per heavy atom. The molecule has 26 heavy (non-hydrogen) atoms. The van der Waals surface area contributed by atoms with Gasteiger partial charge in [-0.3, -0.25) is 9.59 Å². The number of esters is 1. The Morgan fingerprint density at radius 2 is 1.65 bits per heavy atom. The van der Waals surface area contributed by atoms with Gasteiger partial charge in [-0.05, 0) is 47.9 Å². The molecule has 0 saturated carbocycles. The van der Waals surface area contributed by atoms with Crippen molar-refractivity contribution in [2.24, 2.45) is 5.92 Å². The van der Waals surface area contributed by atoms with E-state index in [4.69, 9.17) is 9.47 Å². The molecule has 1 atom stereocenters. The molecular weight excluding hydrogens is 337 g/mol. The quantitative estimate of drug-likeness (QED) is 0.768. The van der Waals surface area contributed by atoms with E-state index in [-0.39, 0.29) is 12.3 Å². The molecule has 2 rings (SSSR count). The molecule has 0 bridgehead atoms. The number of carbonyl (C=O) groups excluding carboxylic acids is 2. The highest BCUT2D eigenvalue weighted by molar-refractivity contribution is 5.95. The Morgan fingerprint density at radius 3 is 2.19 bits per heavy atom. The van der Waals surface area contributed by atoms with E-state index < -0.39 is 23.8 Å². The largest absolute Gasteiger partial charge is 0.497 e. The van der Waals surface area contributed by atoms with Crippen molar-refractivity contribution in [3.05, 3.63) is 59.9 Å². The fourth-order valence-corrected chi connectivity index (χ4v) is 2.33. The summed E-state index contributed by atoms with van der Waals surface area (Å²) in [5.41, 5.74) is 1.20. The molecule has 1 amide bonds. The van der Waals surface area contributed by atoms with E-state index in [1.54, 1.807) is 45.2 Å². The molecule has 0 aliphatic heterocycles. The van der Waals surface area contributed by atoms with Crippen LogP contribution in [-0.4, -0.2) is 25.1 Å². The van der Waals surface area contributed by atoms with Gasteiger partial charge in [0.1, 0.15) is 11.6 Å². The van der Waals surface area contributed by atoms with Crippen LogP contribution in [0.4, 0.5) is 10.1 Å². The summed E-state index contributed by atoms with van der Waals surface area (Å²) < 4.78 is 23.4. The van der Waals surface area contributed by atoms with Gasteiger partial charge in [0, 0.05) is 5.69 Å². The van der Waals surface area contributed by atoms with E-state index in [1.807, 2.05) is 0 Å². The van der Waals surface area contributed by atoms with E-state index in [2.05, 4.69) is 5.32 Å². The molecule has 5 nitrogen and oxygen atoms in total. The van der Waals surface area contributed by atoms with Gasteiger partial charge in [-0.25, -0.2) is 4.39 Å². The minimum atomic E-state index is -0.939. The second kappa shape index (κ2) is 8.99. The van der Waals surface area contributed by atoms with E-state index in [1.165, 1.54) is 24.3 Å². The van der Waals surface area contributed by atoms with E-state index in [9.17, 15) is 14.0 Å². The predicted octanol–water partition coefficient (Wildman–Crippen LogP) is 3.58. The van der Waals surface area contributed by atoms with E-state index in [0.29, 0.717) is 11.4 Å². The highest BCUT2D eigenvalue weighted by atomic mass is 19.1. The summed E-state index contributed by atoms with van der Waals surface area (Å²) in [4.78, 5) is 24.6. The number of ether oxygens (including phenoxy) is 2. The zero-order chi connectivity index (χ0) is 19.1. The SMILES string of the molecule is COc1ccc(CC(=O)O[C@H](C(=O)Nc2ccc(F)cc2)C(C)C)cc1. The summed E-state index contributed by atoms with van der Waals surface area (Å²) >= 11 is 0. The van der Waals surface area contributed by atoms with Crippen molar-refractivity contribution in [2.75, 3.05) is 12.4 Å². The fraction of sp³-hybridized carbons (Fsp3) is 0.300. The Kier molecular flexibility index (Phi) is 6.72. The van der Waals surface area contributed by atoms with Crippen LogP contribution >= 0.6 is 0 Å². The highest BCUT2D eigenvalue weighted by Crippen LogP contribution is 2.16. The lowest BCUT2D eigenvalue weighted by atomic mass is 10.1. The summed E-state index contributed by atoms with van der Waals surface area (Å²) in [7, 11) is 1.57. The maximum Gasteiger partial charge on any atom is 0.311 e. The lowest BCUT2D eigenvalue weighted by Gasteiger charge is -2.21. The molecule has 0 saturated heterocycles. The van der Waals surface area contributed by atoms with Crippen LogP contribution in [0.2, 0.25) is 0 Å². The van der Waals surface area contributed by atoms with E-state index >= 15 is 0 Å². The van der Waals surface area contributed by atoms with Crippen molar-refractivity contribution in [1.29, 1.82) is 0 Å². The van der Waals surface area contributed by atoms with Crippen LogP contribution in [0.25, 0.3) is 0 Å². The van der Waals surface area contributed by atoms with Crippen LogP contribution in [0, 0.1) is 11.7 Å². The van der Waals surface area contributed by atoms with Gasteiger partial charge in [0.2, 0.25) is 0 Å². The number of hydrogen-bond acceptors (Lipinski definition) is 4. The standard InChI is InChI=1S/C20H22FNO4/c1-13(2)19(20(24)22-16-8-6-15(21)7-9-16)26-18(23)12-14-4-10-17(25-3)11-5-14/h4-11,13,19H,12H2,1-3H3,(H,22,24)/t19-/m0/s1. The van der Waals surface area contributed by atoms with Gasteiger partial charge in [-0.15, -0.1) is 0 Å². The summed E-state index contributed by atoms with van der Waals surface area (Å²) in [6.45, 7) is 3.57. The molecule has 0 aliphatic carbocycles. The molecule has 0 radical (unpaired) electrons. The van der Waals surface area contributed by atoms with Crippen LogP contribution in [0.15, 0.2) is 48.5 Å². The summed E-state index contributed by atoms with van der Waals surface area (Å²) in [5, 5.41) is 2.64. The second-order valence-electron chi connectivity index (χ2n) is 6.18. The minimum Gasteiger partial charge on any atom is -0.497 e. The molecule has 2 aromatic carbocycles. The number of amides is 1. The van der Waals surface area contributed by atoms with Crippen LogP contribution in [0.3, 0.4) is 0 Å². The Hall–Kier alpha value is -2.89. The lowest BCUT2D eigenvalue weighted by Crippen LogP contribution is -2.37. The van der Waals surface area contributed by atoms with Gasteiger partial charge in [-0.1, -0.05) is 26.0 Å². The van der Waals surface area contributed by atoms with Crippen LogP contribution in [0.5, 0.6) is 5.75 Å². The molecule has 0 spiro atoms. The van der Waals surface area contributed by atoms with Gasteiger partial charge >= 0.3 is 5.97 Å². The molecule has 0 unspecified atom stereocenters. The van der Waals surface area contributed by atoms with Crippen molar-refractivity contribution >= 4 is 17.6 Å². The Labute approximate surface area is 152 Å². The van der Waals surface area contributed by atoms with Crippen LogP contribution in [0.1, 0.15) is 19.4 Å². The Bertz CT molecular complexity index is 741. The molecule has 0 aromatic heterocycles. The zero-order valence-electron chi connectivity index (χ0n) is 15.0. The summed E-state index contributed by atoms with van der Waals surface area (Å²) in [5.74, 6) is -0.858. The first-order valence-electron chi connectivity index (χ1n) is 8.28. The average Bonchev–Trinajstić information content (AvgIpc) is 2.62. The van der Waals surface area contributed by atoms with Crippen LogP contribution in [-0.2, 0) is 20.7 Å². The van der Waals surface area contributed by atoms with Gasteiger partial charge in [0.05, 0.1) is 13.5 Å². The van der Waals surface area contributed by atoms with Crippen LogP contribution < -0.4 is 10.1 Å². The predicted molar refractivity (Wildman–Crippen MR) is 96.4 cm³/mol. The maximum atomic E-state index is 12.9. The molecule has 2 aromatic rings. The molecule has 0 aliphatic rings. The first-order valence-corrected chi connectivity index (χ1v) is 8.28. The minimum absolute atomic E-state index is 0.0526. The third-order valence-corrected chi connectivity index (χ3v) is 3.74. The normalized spacial score (nSPS) is 11.7. The number of hydrogen-bond donors (Lipinski definition) is 1. The summed E-state index contributed by atoms with van der Waals surface area (Å²) in [6, 6.07) is 12.4. The van der Waals surface area contributed by atoms with Crippen molar-refractivity contribution in [3.63, 3.8) is 0 Å². The lowest BCUT2D eigenvalue weighted by molar-refractivity contribution is -0.156. The van der Waals surface area contributed by atoms with Crippen molar-refractivity contribution in [1.82, 2.24) is 0 Å². The molecule has 6 heteroatoms. The average molecular weight is 359 g/mol. The van der Waals surface area contributed by atoms with Crippen molar-refractivity contribution in [3.8, 4) is 5.75 Å². The van der Waals surface area contributed by atoms with Gasteiger partial charge in [0.15, 0.2) is 6.10 Å². The first-order chi connectivity index (χ1) is 12.4. The molecule has 1 N–H and O–H groups in total. The number of anilines is 1. The fourth-order valence-electron chi connectivity index (χ4n) is 2.33. The number of benzene rings is 2. The number of nitrogens with one attached hydrogen (secondary N) is 1. The highest BCUT2D eigenvalue weighted by Gasteiger charge is 2.26. The van der Waals surface area contributed by atoms with Crippen molar-refractivity contribution < 1.29 is 23.5 Å². The van der Waals surface area contributed by atoms with E-state index in [0.717, 1.165) is 5.56 Å². The van der Waals surface area contributed by atoms with Crippen molar-refractivity contribution in [2.45, 2.75) is 26.4 Å². The van der Waals surface area contributed by atoms with Gasteiger partial charge in [0.25, 0.3) is 5.91 Å². The third kappa shape index (κ3) is 5.58. The topological polar surface area (TPSA) is 64.6 Å². The number of methoxy groups -OCH3 is 1. The Balaban J connectivity index is 1.98. The molecule has 138 valence electrons. The number of carbonyl (C=O) groups is 2. The first kappa shape index (κ1) is 19.4. The van der Waals surface area contributed by atoms with Gasteiger partial charge in [-0.2, -0.15) is 0 Å². The number of rotatable bonds is 7. The smallest absolute Gasteiger partial charge is 0.311 e. The molecule has 0 heterocycles. The molecule has 0 fully saturated rings. The van der Waals surface area contributed by atoms with Gasteiger partial charge < -0.3 is 14.8 Å². The summed E-state index contributed by atoms with van der Waals surface area (Å²) in [6.07, 6.45) is -0.886. The molecular formula is C20H22FNO4. The zero-order valence-corrected chi connectivity index (χ0v) is 15.0.